The van der Waals surface area contributed by atoms with Gasteiger partial charge in [0.25, 0.3) is 5.91 Å². The Hall–Kier alpha value is -1.29. The SMILES string of the molecule is O=C(NCC1CC1)c1cc2cc(Br)ccc2o1. The molecule has 1 amide bonds. The molecule has 1 aliphatic rings. The second-order valence-electron chi connectivity index (χ2n) is 4.45. The second-order valence-corrected chi connectivity index (χ2v) is 5.36. The van der Waals surface area contributed by atoms with Gasteiger partial charge in [-0.05, 0) is 43.0 Å². The van der Waals surface area contributed by atoms with Crippen molar-refractivity contribution in [3.05, 3.63) is 34.5 Å². The van der Waals surface area contributed by atoms with E-state index in [1.165, 1.54) is 12.8 Å². The molecule has 4 heteroatoms. The highest BCUT2D eigenvalue weighted by Gasteiger charge is 2.22. The Kier molecular flexibility index (Phi) is 2.67. The van der Waals surface area contributed by atoms with Gasteiger partial charge in [-0.1, -0.05) is 15.9 Å². The van der Waals surface area contributed by atoms with Crippen LogP contribution in [-0.2, 0) is 0 Å². The molecule has 88 valence electrons. The molecule has 0 atom stereocenters. The van der Waals surface area contributed by atoms with Gasteiger partial charge in [-0.3, -0.25) is 4.79 Å². The molecular weight excluding hydrogens is 282 g/mol. The Balaban J connectivity index is 1.81. The van der Waals surface area contributed by atoms with E-state index in [1.54, 1.807) is 6.07 Å². The van der Waals surface area contributed by atoms with Crippen molar-refractivity contribution in [2.24, 2.45) is 5.92 Å². The van der Waals surface area contributed by atoms with Gasteiger partial charge in [-0.15, -0.1) is 0 Å². The van der Waals surface area contributed by atoms with E-state index in [0.717, 1.165) is 22.0 Å². The average Bonchev–Trinajstić information content (AvgIpc) is 3.04. The van der Waals surface area contributed by atoms with E-state index in [4.69, 9.17) is 4.42 Å². The minimum absolute atomic E-state index is 0.121. The molecule has 3 rings (SSSR count). The summed E-state index contributed by atoms with van der Waals surface area (Å²) in [6.07, 6.45) is 2.46. The van der Waals surface area contributed by atoms with E-state index < -0.39 is 0 Å². The van der Waals surface area contributed by atoms with Crippen LogP contribution in [0.1, 0.15) is 23.4 Å². The number of halogens is 1. The number of amides is 1. The normalized spacial score (nSPS) is 15.1. The predicted octanol–water partition coefficient (Wildman–Crippen LogP) is 3.34. The summed E-state index contributed by atoms with van der Waals surface area (Å²) in [7, 11) is 0. The molecule has 0 unspecified atom stereocenters. The first kappa shape index (κ1) is 10.8. The highest BCUT2D eigenvalue weighted by atomic mass is 79.9. The van der Waals surface area contributed by atoms with Crippen LogP contribution >= 0.6 is 15.9 Å². The summed E-state index contributed by atoms with van der Waals surface area (Å²) in [5, 5.41) is 3.83. The molecule has 17 heavy (non-hydrogen) atoms. The smallest absolute Gasteiger partial charge is 0.287 e. The molecule has 2 aromatic rings. The van der Waals surface area contributed by atoms with Gasteiger partial charge in [0, 0.05) is 16.4 Å². The summed E-state index contributed by atoms with van der Waals surface area (Å²) in [5.74, 6) is 0.945. The first-order chi connectivity index (χ1) is 8.22. The molecule has 0 radical (unpaired) electrons. The summed E-state index contributed by atoms with van der Waals surface area (Å²) in [6.45, 7) is 0.763. The molecule has 1 aliphatic carbocycles. The monoisotopic (exact) mass is 293 g/mol. The van der Waals surface area contributed by atoms with Crippen molar-refractivity contribution >= 4 is 32.8 Å². The van der Waals surface area contributed by atoms with Crippen LogP contribution in [0.15, 0.2) is 33.2 Å². The molecule has 0 aliphatic heterocycles. The first-order valence-corrected chi connectivity index (χ1v) is 6.49. The zero-order valence-electron chi connectivity index (χ0n) is 9.20. The third kappa shape index (κ3) is 2.36. The molecular formula is C13H12BrNO2. The van der Waals surface area contributed by atoms with Crippen molar-refractivity contribution in [3.8, 4) is 0 Å². The Morgan fingerprint density at radius 1 is 1.41 bits per heavy atom. The van der Waals surface area contributed by atoms with Crippen LogP contribution in [0.25, 0.3) is 11.0 Å². The van der Waals surface area contributed by atoms with Crippen LogP contribution in [0.5, 0.6) is 0 Å². The highest BCUT2D eigenvalue weighted by Crippen LogP contribution is 2.28. The van der Waals surface area contributed by atoms with Gasteiger partial charge in [0.1, 0.15) is 5.58 Å². The molecule has 0 saturated heterocycles. The van der Waals surface area contributed by atoms with Gasteiger partial charge >= 0.3 is 0 Å². The number of nitrogens with one attached hydrogen (secondary N) is 1. The number of hydrogen-bond acceptors (Lipinski definition) is 2. The van der Waals surface area contributed by atoms with E-state index in [0.29, 0.717) is 11.7 Å². The average molecular weight is 294 g/mol. The number of hydrogen-bond donors (Lipinski definition) is 1. The maximum atomic E-state index is 11.8. The van der Waals surface area contributed by atoms with E-state index in [9.17, 15) is 4.79 Å². The molecule has 1 fully saturated rings. The summed E-state index contributed by atoms with van der Waals surface area (Å²) in [5.41, 5.74) is 0.741. The van der Waals surface area contributed by atoms with Crippen LogP contribution in [0.3, 0.4) is 0 Å². The number of benzene rings is 1. The number of carbonyl (C=O) groups is 1. The number of rotatable bonds is 3. The van der Waals surface area contributed by atoms with Crippen molar-refractivity contribution in [2.45, 2.75) is 12.8 Å². The number of furan rings is 1. The highest BCUT2D eigenvalue weighted by molar-refractivity contribution is 9.10. The second kappa shape index (κ2) is 4.18. The third-order valence-corrected chi connectivity index (χ3v) is 3.44. The standard InChI is InChI=1S/C13H12BrNO2/c14-10-3-4-11-9(5-10)6-12(17-11)13(16)15-7-8-1-2-8/h3-6,8H,1-2,7H2,(H,15,16). The molecule has 0 spiro atoms. The van der Waals surface area contributed by atoms with Crippen molar-refractivity contribution in [1.29, 1.82) is 0 Å². The van der Waals surface area contributed by atoms with Gasteiger partial charge in [0.2, 0.25) is 0 Å². The van der Waals surface area contributed by atoms with Crippen molar-refractivity contribution in [3.63, 3.8) is 0 Å². The number of fused-ring (bicyclic) bond motifs is 1. The van der Waals surface area contributed by atoms with E-state index in [2.05, 4.69) is 21.2 Å². The van der Waals surface area contributed by atoms with Crippen molar-refractivity contribution in [2.75, 3.05) is 6.54 Å². The summed E-state index contributed by atoms with van der Waals surface area (Å²) < 4.78 is 6.49. The lowest BCUT2D eigenvalue weighted by molar-refractivity contribution is 0.0926. The quantitative estimate of drug-likeness (QED) is 0.943. The molecule has 1 aromatic heterocycles. The lowest BCUT2D eigenvalue weighted by Gasteiger charge is -1.99. The number of carbonyl (C=O) groups excluding carboxylic acids is 1. The van der Waals surface area contributed by atoms with Gasteiger partial charge in [0.15, 0.2) is 5.76 Å². The van der Waals surface area contributed by atoms with Gasteiger partial charge < -0.3 is 9.73 Å². The van der Waals surface area contributed by atoms with Gasteiger partial charge in [0.05, 0.1) is 0 Å². The lowest BCUT2D eigenvalue weighted by atomic mass is 10.2. The molecule has 3 nitrogen and oxygen atoms in total. The fourth-order valence-corrected chi connectivity index (χ4v) is 2.15. The van der Waals surface area contributed by atoms with Crippen LogP contribution in [0.2, 0.25) is 0 Å². The van der Waals surface area contributed by atoms with Crippen LogP contribution in [0, 0.1) is 5.92 Å². The fraction of sp³-hybridized carbons (Fsp3) is 0.308. The van der Waals surface area contributed by atoms with E-state index >= 15 is 0 Å². The van der Waals surface area contributed by atoms with Gasteiger partial charge in [-0.2, -0.15) is 0 Å². The third-order valence-electron chi connectivity index (χ3n) is 2.95. The zero-order valence-corrected chi connectivity index (χ0v) is 10.8. The Morgan fingerprint density at radius 2 is 2.24 bits per heavy atom. The van der Waals surface area contributed by atoms with Crippen LogP contribution in [-0.4, -0.2) is 12.5 Å². The van der Waals surface area contributed by atoms with Crippen LogP contribution < -0.4 is 5.32 Å². The molecule has 1 N–H and O–H groups in total. The van der Waals surface area contributed by atoms with Crippen molar-refractivity contribution in [1.82, 2.24) is 5.32 Å². The topological polar surface area (TPSA) is 42.2 Å². The molecule has 1 saturated carbocycles. The first-order valence-electron chi connectivity index (χ1n) is 5.70. The Morgan fingerprint density at radius 3 is 3.00 bits per heavy atom. The van der Waals surface area contributed by atoms with E-state index in [1.807, 2.05) is 18.2 Å². The Bertz CT molecular complexity index is 572. The summed E-state index contributed by atoms with van der Waals surface area (Å²) in [6, 6.07) is 7.48. The fourth-order valence-electron chi connectivity index (χ4n) is 1.77. The maximum absolute atomic E-state index is 11.8. The molecule has 0 bridgehead atoms. The zero-order chi connectivity index (χ0) is 11.8. The predicted molar refractivity (Wildman–Crippen MR) is 69.0 cm³/mol. The van der Waals surface area contributed by atoms with Crippen molar-refractivity contribution < 1.29 is 9.21 Å². The minimum atomic E-state index is -0.121. The summed E-state index contributed by atoms with van der Waals surface area (Å²) >= 11 is 3.39. The summed E-state index contributed by atoms with van der Waals surface area (Å²) in [4.78, 5) is 11.8. The maximum Gasteiger partial charge on any atom is 0.287 e. The van der Waals surface area contributed by atoms with Gasteiger partial charge in [-0.25, -0.2) is 0 Å². The van der Waals surface area contributed by atoms with E-state index in [-0.39, 0.29) is 5.91 Å². The Labute approximate surface area is 107 Å². The minimum Gasteiger partial charge on any atom is -0.451 e. The largest absolute Gasteiger partial charge is 0.451 e. The molecule has 1 heterocycles. The molecule has 1 aromatic carbocycles. The lowest BCUT2D eigenvalue weighted by Crippen LogP contribution is -2.24. The van der Waals surface area contributed by atoms with Crippen LogP contribution in [0.4, 0.5) is 0 Å².